The fourth-order valence-electron chi connectivity index (χ4n) is 6.93. The van der Waals surface area contributed by atoms with Crippen molar-refractivity contribution >= 4 is 32.4 Å². The van der Waals surface area contributed by atoms with Crippen LogP contribution in [-0.2, 0) is 11.3 Å². The Morgan fingerprint density at radius 3 is 2.61 bits per heavy atom. The van der Waals surface area contributed by atoms with E-state index < -0.39 is 0 Å². The SMILES string of the molecule is C=CC1CN2CCC1CC2[C@@H](OCc1cc2ccccc2c2ccccc12)c1ccnc2ccc(O)cc12. The summed E-state index contributed by atoms with van der Waals surface area (Å²) in [6.07, 6.45) is 6.18. The second-order valence-corrected chi connectivity index (χ2v) is 10.9. The Bertz CT molecular complexity index is 1660. The zero-order valence-electron chi connectivity index (χ0n) is 21.5. The van der Waals surface area contributed by atoms with E-state index in [1.165, 1.54) is 33.5 Å². The van der Waals surface area contributed by atoms with Crippen molar-refractivity contribution in [1.82, 2.24) is 9.88 Å². The molecule has 3 saturated heterocycles. The molecule has 38 heavy (non-hydrogen) atoms. The van der Waals surface area contributed by atoms with Crippen LogP contribution in [0, 0.1) is 11.8 Å². The molecule has 0 amide bonds. The lowest BCUT2D eigenvalue weighted by atomic mass is 9.73. The third kappa shape index (κ3) is 3.96. The second-order valence-electron chi connectivity index (χ2n) is 10.9. The molecule has 5 atom stereocenters. The lowest BCUT2D eigenvalue weighted by Crippen LogP contribution is -2.55. The first-order valence-corrected chi connectivity index (χ1v) is 13.6. The lowest BCUT2D eigenvalue weighted by molar-refractivity contribution is -0.0800. The van der Waals surface area contributed by atoms with Crippen LogP contribution in [-0.4, -0.2) is 34.1 Å². The van der Waals surface area contributed by atoms with E-state index in [1.807, 2.05) is 18.3 Å². The Hall–Kier alpha value is -3.73. The highest BCUT2D eigenvalue weighted by Gasteiger charge is 2.43. The average Bonchev–Trinajstić information content (AvgIpc) is 2.97. The Labute approximate surface area is 223 Å². The fourth-order valence-corrected chi connectivity index (χ4v) is 6.93. The van der Waals surface area contributed by atoms with Crippen molar-refractivity contribution in [1.29, 1.82) is 0 Å². The number of ether oxygens (including phenoxy) is 1. The Morgan fingerprint density at radius 2 is 1.79 bits per heavy atom. The first-order chi connectivity index (χ1) is 18.7. The van der Waals surface area contributed by atoms with Crippen molar-refractivity contribution in [2.24, 2.45) is 11.8 Å². The van der Waals surface area contributed by atoms with E-state index in [0.29, 0.717) is 18.4 Å². The molecular weight excluding hydrogens is 468 g/mol. The number of piperidine rings is 3. The molecule has 4 heteroatoms. The van der Waals surface area contributed by atoms with Crippen LogP contribution in [0.4, 0.5) is 0 Å². The quantitative estimate of drug-likeness (QED) is 0.195. The van der Waals surface area contributed by atoms with Crippen molar-refractivity contribution in [3.05, 3.63) is 109 Å². The molecule has 4 unspecified atom stereocenters. The molecule has 0 saturated carbocycles. The third-order valence-electron chi connectivity index (χ3n) is 8.84. The monoisotopic (exact) mass is 500 g/mol. The Morgan fingerprint density at radius 1 is 0.974 bits per heavy atom. The molecule has 3 aliphatic rings. The summed E-state index contributed by atoms with van der Waals surface area (Å²) < 4.78 is 7.00. The van der Waals surface area contributed by atoms with Crippen LogP contribution in [0.2, 0.25) is 0 Å². The van der Waals surface area contributed by atoms with Crippen molar-refractivity contribution in [2.45, 2.75) is 31.6 Å². The van der Waals surface area contributed by atoms with Gasteiger partial charge in [-0.2, -0.15) is 0 Å². The van der Waals surface area contributed by atoms with Crippen LogP contribution in [0.5, 0.6) is 5.75 Å². The van der Waals surface area contributed by atoms with Gasteiger partial charge in [0.25, 0.3) is 0 Å². The number of hydrogen-bond acceptors (Lipinski definition) is 4. The highest BCUT2D eigenvalue weighted by atomic mass is 16.5. The number of benzene rings is 4. The van der Waals surface area contributed by atoms with E-state index in [2.05, 4.69) is 83.2 Å². The minimum Gasteiger partial charge on any atom is -0.508 e. The van der Waals surface area contributed by atoms with Crippen LogP contribution in [0.3, 0.4) is 0 Å². The van der Waals surface area contributed by atoms with Gasteiger partial charge in [-0.3, -0.25) is 9.88 Å². The zero-order chi connectivity index (χ0) is 25.6. The number of rotatable bonds is 6. The first-order valence-electron chi connectivity index (χ1n) is 13.6. The van der Waals surface area contributed by atoms with E-state index >= 15 is 0 Å². The van der Waals surface area contributed by atoms with E-state index in [-0.39, 0.29) is 17.9 Å². The van der Waals surface area contributed by atoms with E-state index in [0.717, 1.165) is 36.0 Å². The molecule has 5 aromatic rings. The predicted octanol–water partition coefficient (Wildman–Crippen LogP) is 7.40. The summed E-state index contributed by atoms with van der Waals surface area (Å²) in [6, 6.07) is 27.3. The molecule has 2 bridgehead atoms. The molecule has 1 aromatic heterocycles. The summed E-state index contributed by atoms with van der Waals surface area (Å²) in [5.74, 6) is 1.43. The van der Waals surface area contributed by atoms with Crippen molar-refractivity contribution < 1.29 is 9.84 Å². The maximum absolute atomic E-state index is 10.4. The zero-order valence-corrected chi connectivity index (χ0v) is 21.5. The highest BCUT2D eigenvalue weighted by molar-refractivity contribution is 6.08. The van der Waals surface area contributed by atoms with Crippen molar-refractivity contribution in [3.63, 3.8) is 0 Å². The van der Waals surface area contributed by atoms with E-state index in [9.17, 15) is 5.11 Å². The largest absolute Gasteiger partial charge is 0.508 e. The maximum Gasteiger partial charge on any atom is 0.116 e. The molecule has 1 N–H and O–H groups in total. The number of aromatic nitrogens is 1. The van der Waals surface area contributed by atoms with E-state index in [1.54, 1.807) is 6.07 Å². The molecule has 3 aliphatic heterocycles. The van der Waals surface area contributed by atoms with Crippen LogP contribution < -0.4 is 0 Å². The van der Waals surface area contributed by atoms with Crippen LogP contribution in [0.15, 0.2) is 97.7 Å². The molecule has 8 rings (SSSR count). The minimum absolute atomic E-state index is 0.138. The van der Waals surface area contributed by atoms with Crippen LogP contribution in [0.25, 0.3) is 32.4 Å². The van der Waals surface area contributed by atoms with Gasteiger partial charge in [-0.05, 0) is 94.2 Å². The standard InChI is InChI=1S/C34H32N2O2/c1-2-22-20-36-16-14-23(22)18-33(36)34(30-13-15-35-32-12-11-26(37)19-31(30)32)38-21-25-17-24-7-3-4-8-27(24)29-10-6-5-9-28(25)29/h2-13,15,17,19,22-23,33-34,37H,1,14,16,18,20-21H2/t22?,23?,33?,34-/m0/s1. The van der Waals surface area contributed by atoms with Gasteiger partial charge in [0, 0.05) is 24.2 Å². The summed E-state index contributed by atoms with van der Waals surface area (Å²) in [5, 5.41) is 16.3. The number of fused-ring (bicyclic) bond motifs is 7. The van der Waals surface area contributed by atoms with Crippen molar-refractivity contribution in [2.75, 3.05) is 13.1 Å². The van der Waals surface area contributed by atoms with Gasteiger partial charge in [-0.15, -0.1) is 6.58 Å². The minimum atomic E-state index is -0.138. The van der Waals surface area contributed by atoms with Gasteiger partial charge in [-0.1, -0.05) is 54.6 Å². The molecular formula is C34H32N2O2. The van der Waals surface area contributed by atoms with Crippen LogP contribution in [0.1, 0.15) is 30.1 Å². The van der Waals surface area contributed by atoms with Gasteiger partial charge in [-0.25, -0.2) is 0 Å². The number of hydrogen-bond donors (Lipinski definition) is 1. The third-order valence-corrected chi connectivity index (χ3v) is 8.84. The van der Waals surface area contributed by atoms with Gasteiger partial charge >= 0.3 is 0 Å². The topological polar surface area (TPSA) is 45.6 Å². The molecule has 4 nitrogen and oxygen atoms in total. The number of phenolic OH excluding ortho intramolecular Hbond substituents is 1. The first kappa shape index (κ1) is 23.4. The van der Waals surface area contributed by atoms with Crippen molar-refractivity contribution in [3.8, 4) is 5.75 Å². The van der Waals surface area contributed by atoms with Gasteiger partial charge in [0.05, 0.1) is 18.2 Å². The predicted molar refractivity (Wildman–Crippen MR) is 154 cm³/mol. The second kappa shape index (κ2) is 9.54. The number of phenols is 1. The summed E-state index contributed by atoms with van der Waals surface area (Å²) in [4.78, 5) is 7.19. The molecule has 3 fully saturated rings. The molecule has 0 aliphatic carbocycles. The summed E-state index contributed by atoms with van der Waals surface area (Å²) >= 11 is 0. The smallest absolute Gasteiger partial charge is 0.116 e. The summed E-state index contributed by atoms with van der Waals surface area (Å²) in [6.45, 7) is 6.75. The summed E-state index contributed by atoms with van der Waals surface area (Å²) in [7, 11) is 0. The number of pyridine rings is 1. The molecule has 4 heterocycles. The van der Waals surface area contributed by atoms with Gasteiger partial charge < -0.3 is 9.84 Å². The molecule has 4 aromatic carbocycles. The molecule has 190 valence electrons. The van der Waals surface area contributed by atoms with E-state index in [4.69, 9.17) is 4.74 Å². The maximum atomic E-state index is 10.4. The lowest BCUT2D eigenvalue weighted by Gasteiger charge is -2.51. The Kier molecular flexibility index (Phi) is 5.87. The summed E-state index contributed by atoms with van der Waals surface area (Å²) in [5.41, 5.74) is 3.18. The fraction of sp³-hybridized carbons (Fsp3) is 0.265. The molecule has 0 radical (unpaired) electrons. The highest BCUT2D eigenvalue weighted by Crippen LogP contribution is 2.44. The van der Waals surface area contributed by atoms with Gasteiger partial charge in [0.2, 0.25) is 0 Å². The Balaban J connectivity index is 1.32. The van der Waals surface area contributed by atoms with Crippen LogP contribution >= 0.6 is 0 Å². The average molecular weight is 501 g/mol. The normalized spacial score (nSPS) is 23.7. The number of aromatic hydroxyl groups is 1. The number of nitrogens with zero attached hydrogens (tertiary/aromatic N) is 2. The van der Waals surface area contributed by atoms with Gasteiger partial charge in [0.15, 0.2) is 0 Å². The molecule has 0 spiro atoms. The van der Waals surface area contributed by atoms with Gasteiger partial charge in [0.1, 0.15) is 5.75 Å².